The predicted octanol–water partition coefficient (Wildman–Crippen LogP) is 11.8. The number of benzene rings is 7. The van der Waals surface area contributed by atoms with Crippen LogP contribution >= 0.6 is 0 Å². The fourth-order valence-corrected chi connectivity index (χ4v) is 7.55. The molecule has 2 N–H and O–H groups in total. The van der Waals surface area contributed by atoms with E-state index in [-0.39, 0.29) is 0 Å². The SMILES string of the molecule is C/C=C\C=C(/N)c1cc2c3cc(-c4c5ccccc5c(-c5cccc6ccccc56)c5ccccc45)ccc3n(-c3ccccc3)c2cn1. The molecule has 0 fully saturated rings. The Kier molecular flexibility index (Phi) is 6.84. The van der Waals surface area contributed by atoms with E-state index in [2.05, 4.69) is 150 Å². The summed E-state index contributed by atoms with van der Waals surface area (Å²) in [4.78, 5) is 4.82. The van der Waals surface area contributed by atoms with Crippen LogP contribution in [0.25, 0.3) is 87.8 Å². The molecule has 0 saturated heterocycles. The van der Waals surface area contributed by atoms with Crippen molar-refractivity contribution in [2.45, 2.75) is 6.92 Å². The van der Waals surface area contributed by atoms with Gasteiger partial charge in [-0.1, -0.05) is 127 Å². The first-order valence-electron chi connectivity index (χ1n) is 16.7. The molecule has 0 aliphatic rings. The highest BCUT2D eigenvalue weighted by Gasteiger charge is 2.20. The van der Waals surface area contributed by atoms with Gasteiger partial charge in [0.05, 0.1) is 28.6 Å². The van der Waals surface area contributed by atoms with Gasteiger partial charge in [-0.05, 0) is 97.9 Å². The minimum Gasteiger partial charge on any atom is -0.397 e. The Labute approximate surface area is 284 Å². The minimum absolute atomic E-state index is 0.637. The van der Waals surface area contributed by atoms with E-state index in [9.17, 15) is 0 Å². The third-order valence-electron chi connectivity index (χ3n) is 9.71. The molecular formula is C46H33N3. The molecule has 9 aromatic rings. The molecule has 232 valence electrons. The van der Waals surface area contributed by atoms with Crippen molar-refractivity contribution < 1.29 is 0 Å². The smallest absolute Gasteiger partial charge is 0.0866 e. The third-order valence-corrected chi connectivity index (χ3v) is 9.71. The van der Waals surface area contributed by atoms with Gasteiger partial charge in [0, 0.05) is 16.5 Å². The van der Waals surface area contributed by atoms with Gasteiger partial charge in [0.15, 0.2) is 0 Å². The standard InChI is InChI=1S/C46H33N3/c1-2-3-24-41(47)42-28-40-39-27-31(25-26-43(39)49(44(40)29-48-42)32-16-5-4-6-17-32)45-35-19-9-11-21-37(35)46(38-22-12-10-20-36(38)45)34-23-13-15-30-14-7-8-18-33(30)34/h2-29H,47H2,1H3/b3-2-,41-24-. The molecule has 0 aliphatic carbocycles. The number of nitrogens with zero attached hydrogens (tertiary/aromatic N) is 2. The lowest BCUT2D eigenvalue weighted by Gasteiger charge is -2.19. The highest BCUT2D eigenvalue weighted by molar-refractivity contribution is 6.24. The molecule has 0 saturated carbocycles. The van der Waals surface area contributed by atoms with E-state index >= 15 is 0 Å². The van der Waals surface area contributed by atoms with Crippen LogP contribution in [0.2, 0.25) is 0 Å². The molecule has 7 aromatic carbocycles. The maximum atomic E-state index is 6.52. The van der Waals surface area contributed by atoms with Crippen molar-refractivity contribution >= 4 is 59.8 Å². The van der Waals surface area contributed by atoms with E-state index in [1.807, 2.05) is 31.3 Å². The Morgan fingerprint density at radius 2 is 1.18 bits per heavy atom. The van der Waals surface area contributed by atoms with Crippen molar-refractivity contribution in [1.82, 2.24) is 9.55 Å². The molecule has 2 heterocycles. The molecule has 0 amide bonds. The normalized spacial score (nSPS) is 12.3. The Morgan fingerprint density at radius 1 is 0.571 bits per heavy atom. The second-order valence-electron chi connectivity index (χ2n) is 12.5. The lowest BCUT2D eigenvalue weighted by molar-refractivity contribution is 1.16. The van der Waals surface area contributed by atoms with Crippen molar-refractivity contribution in [1.29, 1.82) is 0 Å². The molecule has 3 nitrogen and oxygen atoms in total. The number of fused-ring (bicyclic) bond motifs is 6. The second-order valence-corrected chi connectivity index (χ2v) is 12.5. The molecule has 0 bridgehead atoms. The maximum Gasteiger partial charge on any atom is 0.0866 e. The van der Waals surface area contributed by atoms with E-state index in [0.717, 1.165) is 33.2 Å². The number of pyridine rings is 1. The summed E-state index contributed by atoms with van der Waals surface area (Å²) in [5.74, 6) is 0. The van der Waals surface area contributed by atoms with Crippen LogP contribution in [0.3, 0.4) is 0 Å². The highest BCUT2D eigenvalue weighted by atomic mass is 15.0. The zero-order valence-electron chi connectivity index (χ0n) is 27.1. The molecule has 0 aliphatic heterocycles. The molecular weight excluding hydrogens is 595 g/mol. The Bertz CT molecular complexity index is 2720. The number of hydrogen-bond donors (Lipinski definition) is 1. The van der Waals surface area contributed by atoms with Crippen molar-refractivity contribution in [3.05, 3.63) is 176 Å². The van der Waals surface area contributed by atoms with Gasteiger partial charge in [0.2, 0.25) is 0 Å². The minimum atomic E-state index is 0.637. The van der Waals surface area contributed by atoms with E-state index < -0.39 is 0 Å². The number of aromatic nitrogens is 2. The van der Waals surface area contributed by atoms with Crippen LogP contribution in [0.4, 0.5) is 0 Å². The average Bonchev–Trinajstić information content (AvgIpc) is 3.49. The molecule has 0 unspecified atom stereocenters. The van der Waals surface area contributed by atoms with Crippen LogP contribution in [-0.2, 0) is 0 Å². The zero-order chi connectivity index (χ0) is 32.9. The summed E-state index contributed by atoms with van der Waals surface area (Å²) in [6, 6.07) is 52.6. The Balaban J connectivity index is 1.37. The Morgan fingerprint density at radius 3 is 1.90 bits per heavy atom. The summed E-state index contributed by atoms with van der Waals surface area (Å²) in [6.45, 7) is 1.98. The highest BCUT2D eigenvalue weighted by Crippen LogP contribution is 2.46. The zero-order valence-corrected chi connectivity index (χ0v) is 27.1. The summed E-state index contributed by atoms with van der Waals surface area (Å²) in [7, 11) is 0. The van der Waals surface area contributed by atoms with Gasteiger partial charge in [0.1, 0.15) is 0 Å². The monoisotopic (exact) mass is 627 g/mol. The van der Waals surface area contributed by atoms with Gasteiger partial charge in [-0.15, -0.1) is 0 Å². The summed E-state index contributed by atoms with van der Waals surface area (Å²) >= 11 is 0. The van der Waals surface area contributed by atoms with Crippen LogP contribution in [-0.4, -0.2) is 9.55 Å². The van der Waals surface area contributed by atoms with Crippen LogP contribution in [0.15, 0.2) is 170 Å². The molecule has 49 heavy (non-hydrogen) atoms. The average molecular weight is 628 g/mol. The van der Waals surface area contributed by atoms with E-state index in [0.29, 0.717) is 5.70 Å². The number of para-hydroxylation sites is 1. The molecule has 2 aromatic heterocycles. The van der Waals surface area contributed by atoms with E-state index in [4.69, 9.17) is 10.7 Å². The fraction of sp³-hybridized carbons (Fsp3) is 0.0217. The summed E-state index contributed by atoms with van der Waals surface area (Å²) in [5, 5.41) is 9.73. The van der Waals surface area contributed by atoms with Crippen LogP contribution in [0, 0.1) is 0 Å². The van der Waals surface area contributed by atoms with Crippen molar-refractivity contribution in [3.63, 3.8) is 0 Å². The van der Waals surface area contributed by atoms with Gasteiger partial charge >= 0.3 is 0 Å². The van der Waals surface area contributed by atoms with Gasteiger partial charge in [0.25, 0.3) is 0 Å². The van der Waals surface area contributed by atoms with Crippen molar-refractivity contribution in [2.24, 2.45) is 5.73 Å². The van der Waals surface area contributed by atoms with Gasteiger partial charge < -0.3 is 10.3 Å². The molecule has 3 heteroatoms. The van der Waals surface area contributed by atoms with Crippen molar-refractivity contribution in [3.8, 4) is 27.9 Å². The lowest BCUT2D eigenvalue weighted by atomic mass is 9.84. The largest absolute Gasteiger partial charge is 0.397 e. The van der Waals surface area contributed by atoms with Crippen molar-refractivity contribution in [2.75, 3.05) is 0 Å². The Hall–Kier alpha value is -6.45. The number of hydrogen-bond acceptors (Lipinski definition) is 2. The molecule has 0 radical (unpaired) electrons. The number of nitrogens with two attached hydrogens (primary N) is 1. The topological polar surface area (TPSA) is 43.8 Å². The number of rotatable bonds is 5. The van der Waals surface area contributed by atoms with Gasteiger partial charge in [-0.2, -0.15) is 0 Å². The second kappa shape index (κ2) is 11.7. The molecule has 0 spiro atoms. The fourth-order valence-electron chi connectivity index (χ4n) is 7.55. The summed E-state index contributed by atoms with van der Waals surface area (Å²) in [5.41, 5.74) is 16.1. The molecule has 0 atom stereocenters. The summed E-state index contributed by atoms with van der Waals surface area (Å²) < 4.78 is 2.30. The van der Waals surface area contributed by atoms with Crippen LogP contribution in [0.5, 0.6) is 0 Å². The first kappa shape index (κ1) is 28.7. The first-order chi connectivity index (χ1) is 24.2. The lowest BCUT2D eigenvalue weighted by Crippen LogP contribution is -1.99. The van der Waals surface area contributed by atoms with E-state index in [1.54, 1.807) is 0 Å². The summed E-state index contributed by atoms with van der Waals surface area (Å²) in [6.07, 6.45) is 7.78. The third kappa shape index (κ3) is 4.62. The van der Waals surface area contributed by atoms with Gasteiger partial charge in [-0.25, -0.2) is 0 Å². The molecule has 9 rings (SSSR count). The van der Waals surface area contributed by atoms with Crippen LogP contribution in [0.1, 0.15) is 12.6 Å². The van der Waals surface area contributed by atoms with Crippen LogP contribution < -0.4 is 5.73 Å². The van der Waals surface area contributed by atoms with Gasteiger partial charge in [-0.3, -0.25) is 4.98 Å². The first-order valence-corrected chi connectivity index (χ1v) is 16.7. The number of allylic oxidation sites excluding steroid dienone is 3. The van der Waals surface area contributed by atoms with E-state index in [1.165, 1.54) is 54.6 Å². The predicted molar refractivity (Wildman–Crippen MR) is 209 cm³/mol. The maximum absolute atomic E-state index is 6.52. The quantitative estimate of drug-likeness (QED) is 0.152.